The number of nitrogens with one attached hydrogen (secondary N) is 2. The van der Waals surface area contributed by atoms with Crippen LogP contribution in [0.1, 0.15) is 18.5 Å². The van der Waals surface area contributed by atoms with Crippen molar-refractivity contribution < 1.29 is 4.79 Å². The topological polar surface area (TPSA) is 70.7 Å². The van der Waals surface area contributed by atoms with Gasteiger partial charge in [0.1, 0.15) is 6.33 Å². The van der Waals surface area contributed by atoms with Crippen molar-refractivity contribution in [3.8, 4) is 0 Å². The highest BCUT2D eigenvalue weighted by Gasteiger charge is 2.12. The van der Waals surface area contributed by atoms with E-state index in [9.17, 15) is 4.79 Å². The lowest BCUT2D eigenvalue weighted by atomic mass is 10.00. The first-order valence-corrected chi connectivity index (χ1v) is 7.98. The molecule has 0 spiro atoms. The molecule has 0 radical (unpaired) electrons. The fourth-order valence-corrected chi connectivity index (χ4v) is 2.98. The molecule has 0 aliphatic rings. The summed E-state index contributed by atoms with van der Waals surface area (Å²) in [5, 5.41) is 12.5. The predicted molar refractivity (Wildman–Crippen MR) is 87.6 cm³/mol. The van der Waals surface area contributed by atoms with Gasteiger partial charge >= 0.3 is 0 Å². The average molecular weight is 312 g/mol. The van der Waals surface area contributed by atoms with E-state index in [0.29, 0.717) is 10.9 Å². The molecule has 2 N–H and O–H groups in total. The van der Waals surface area contributed by atoms with E-state index in [4.69, 9.17) is 0 Å². The standard InChI is InChI=1S/C16H16N4OS/c1-11(19-15(21)9-22-16-17-10-18-20-16)13-8-4-6-12-5-2-3-7-14(12)13/h2-8,10-11H,9H2,1H3,(H,19,21)(H,17,18,20)/t11-/m0/s1. The molecule has 0 aliphatic carbocycles. The summed E-state index contributed by atoms with van der Waals surface area (Å²) in [6, 6.07) is 14.3. The van der Waals surface area contributed by atoms with Gasteiger partial charge in [0.15, 0.2) is 5.16 Å². The van der Waals surface area contributed by atoms with Crippen LogP contribution in [0.2, 0.25) is 0 Å². The Morgan fingerprint density at radius 2 is 2.09 bits per heavy atom. The van der Waals surface area contributed by atoms with Crippen LogP contribution in [0.3, 0.4) is 0 Å². The van der Waals surface area contributed by atoms with Crippen molar-refractivity contribution >= 4 is 28.4 Å². The number of amides is 1. The number of aromatic amines is 1. The highest BCUT2D eigenvalue weighted by Crippen LogP contribution is 2.24. The maximum Gasteiger partial charge on any atom is 0.230 e. The van der Waals surface area contributed by atoms with Gasteiger partial charge in [0.2, 0.25) is 5.91 Å². The van der Waals surface area contributed by atoms with Crippen LogP contribution < -0.4 is 5.32 Å². The van der Waals surface area contributed by atoms with Crippen molar-refractivity contribution in [2.75, 3.05) is 5.75 Å². The number of H-pyrrole nitrogens is 1. The molecule has 1 amide bonds. The van der Waals surface area contributed by atoms with E-state index in [-0.39, 0.29) is 11.9 Å². The van der Waals surface area contributed by atoms with Gasteiger partial charge in [0.25, 0.3) is 0 Å². The largest absolute Gasteiger partial charge is 0.349 e. The van der Waals surface area contributed by atoms with E-state index < -0.39 is 0 Å². The Kier molecular flexibility index (Phi) is 4.39. The molecular formula is C16H16N4OS. The number of hydrogen-bond acceptors (Lipinski definition) is 4. The third-order valence-corrected chi connectivity index (χ3v) is 4.28. The summed E-state index contributed by atoms with van der Waals surface area (Å²) in [5.41, 5.74) is 1.12. The average Bonchev–Trinajstić information content (AvgIpc) is 3.06. The third-order valence-electron chi connectivity index (χ3n) is 3.40. The van der Waals surface area contributed by atoms with Crippen LogP contribution in [0.15, 0.2) is 53.9 Å². The monoisotopic (exact) mass is 312 g/mol. The Labute approximate surface area is 132 Å². The summed E-state index contributed by atoms with van der Waals surface area (Å²) in [7, 11) is 0. The molecule has 6 heteroatoms. The molecule has 1 atom stereocenters. The minimum Gasteiger partial charge on any atom is -0.349 e. The van der Waals surface area contributed by atoms with Gasteiger partial charge < -0.3 is 5.32 Å². The molecule has 3 aromatic rings. The Morgan fingerprint density at radius 1 is 1.27 bits per heavy atom. The van der Waals surface area contributed by atoms with Crippen molar-refractivity contribution in [1.82, 2.24) is 20.5 Å². The maximum absolute atomic E-state index is 12.1. The van der Waals surface area contributed by atoms with Crippen molar-refractivity contribution in [2.24, 2.45) is 0 Å². The van der Waals surface area contributed by atoms with Gasteiger partial charge in [-0.3, -0.25) is 9.89 Å². The summed E-state index contributed by atoms with van der Waals surface area (Å²) in [6.45, 7) is 2.00. The normalized spacial score (nSPS) is 12.2. The number of carbonyl (C=O) groups is 1. The number of benzene rings is 2. The number of hydrogen-bond donors (Lipinski definition) is 2. The molecule has 0 saturated carbocycles. The molecule has 5 nitrogen and oxygen atoms in total. The van der Waals surface area contributed by atoms with E-state index in [2.05, 4.69) is 44.8 Å². The van der Waals surface area contributed by atoms with Gasteiger partial charge in [-0.05, 0) is 23.3 Å². The van der Waals surface area contributed by atoms with E-state index in [1.54, 1.807) is 0 Å². The molecule has 0 fully saturated rings. The van der Waals surface area contributed by atoms with Crippen molar-refractivity contribution in [1.29, 1.82) is 0 Å². The fourth-order valence-electron chi connectivity index (χ4n) is 2.39. The molecule has 0 bridgehead atoms. The van der Waals surface area contributed by atoms with Crippen LogP contribution in [0.5, 0.6) is 0 Å². The Balaban J connectivity index is 1.68. The molecular weight excluding hydrogens is 296 g/mol. The van der Waals surface area contributed by atoms with Gasteiger partial charge in [-0.1, -0.05) is 54.2 Å². The molecule has 2 aromatic carbocycles. The summed E-state index contributed by atoms with van der Waals surface area (Å²) in [4.78, 5) is 16.0. The van der Waals surface area contributed by atoms with Crippen LogP contribution in [0.25, 0.3) is 10.8 Å². The summed E-state index contributed by atoms with van der Waals surface area (Å²) in [6.07, 6.45) is 1.43. The zero-order chi connectivity index (χ0) is 15.4. The summed E-state index contributed by atoms with van der Waals surface area (Å²) >= 11 is 1.33. The van der Waals surface area contributed by atoms with Crippen molar-refractivity contribution in [2.45, 2.75) is 18.1 Å². The Bertz CT molecular complexity index is 767. The van der Waals surface area contributed by atoms with E-state index in [0.717, 1.165) is 5.56 Å². The molecule has 0 saturated heterocycles. The van der Waals surface area contributed by atoms with Crippen molar-refractivity contribution in [3.63, 3.8) is 0 Å². The predicted octanol–water partition coefficient (Wildman–Crippen LogP) is 2.93. The lowest BCUT2D eigenvalue weighted by Gasteiger charge is -2.16. The smallest absolute Gasteiger partial charge is 0.230 e. The molecule has 22 heavy (non-hydrogen) atoms. The second kappa shape index (κ2) is 6.62. The van der Waals surface area contributed by atoms with Crippen LogP contribution in [-0.2, 0) is 4.79 Å². The highest BCUT2D eigenvalue weighted by molar-refractivity contribution is 7.99. The van der Waals surface area contributed by atoms with Crippen LogP contribution in [0.4, 0.5) is 0 Å². The minimum atomic E-state index is -0.0473. The first-order valence-electron chi connectivity index (χ1n) is 6.99. The lowest BCUT2D eigenvalue weighted by molar-refractivity contribution is -0.119. The SMILES string of the molecule is C[C@H](NC(=O)CSc1ncn[nH]1)c1cccc2ccccc12. The van der Waals surface area contributed by atoms with E-state index in [1.165, 1.54) is 28.9 Å². The lowest BCUT2D eigenvalue weighted by Crippen LogP contribution is -2.28. The molecule has 1 heterocycles. The van der Waals surface area contributed by atoms with Gasteiger partial charge in [0.05, 0.1) is 11.8 Å². The number of carbonyl (C=O) groups excluding carboxylic acids is 1. The zero-order valence-corrected chi connectivity index (χ0v) is 12.9. The van der Waals surface area contributed by atoms with Crippen LogP contribution >= 0.6 is 11.8 Å². The van der Waals surface area contributed by atoms with E-state index >= 15 is 0 Å². The van der Waals surface area contributed by atoms with Crippen molar-refractivity contribution in [3.05, 3.63) is 54.4 Å². The van der Waals surface area contributed by atoms with Gasteiger partial charge in [0, 0.05) is 0 Å². The van der Waals surface area contributed by atoms with Gasteiger partial charge in [-0.15, -0.1) is 0 Å². The summed E-state index contributed by atoms with van der Waals surface area (Å²) < 4.78 is 0. The first kappa shape index (κ1) is 14.6. The number of fused-ring (bicyclic) bond motifs is 1. The zero-order valence-electron chi connectivity index (χ0n) is 12.1. The first-order chi connectivity index (χ1) is 10.7. The maximum atomic E-state index is 12.1. The Hall–Kier alpha value is -2.34. The molecule has 0 aliphatic heterocycles. The van der Waals surface area contributed by atoms with E-state index in [1.807, 2.05) is 25.1 Å². The number of rotatable bonds is 5. The van der Waals surface area contributed by atoms with Gasteiger partial charge in [-0.2, -0.15) is 5.10 Å². The second-order valence-corrected chi connectivity index (χ2v) is 5.90. The van der Waals surface area contributed by atoms with Crippen LogP contribution in [0, 0.1) is 0 Å². The number of nitrogens with zero attached hydrogens (tertiary/aromatic N) is 2. The molecule has 1 aromatic heterocycles. The highest BCUT2D eigenvalue weighted by atomic mass is 32.2. The third kappa shape index (κ3) is 3.28. The Morgan fingerprint density at radius 3 is 2.91 bits per heavy atom. The number of aromatic nitrogens is 3. The summed E-state index contributed by atoms with van der Waals surface area (Å²) in [5.74, 6) is 0.284. The fraction of sp³-hybridized carbons (Fsp3) is 0.188. The second-order valence-electron chi connectivity index (χ2n) is 4.94. The minimum absolute atomic E-state index is 0.0261. The molecule has 0 unspecified atom stereocenters. The number of thioether (sulfide) groups is 1. The van der Waals surface area contributed by atoms with Crippen LogP contribution in [-0.4, -0.2) is 26.8 Å². The van der Waals surface area contributed by atoms with Gasteiger partial charge in [-0.25, -0.2) is 4.98 Å². The molecule has 3 rings (SSSR count). The quantitative estimate of drug-likeness (QED) is 0.711. The molecule has 112 valence electrons.